The summed E-state index contributed by atoms with van der Waals surface area (Å²) in [6.45, 7) is 7.00. The number of aromatic nitrogens is 4. The summed E-state index contributed by atoms with van der Waals surface area (Å²) in [4.78, 5) is 81.3. The summed E-state index contributed by atoms with van der Waals surface area (Å²) in [6, 6.07) is 32.0. The summed E-state index contributed by atoms with van der Waals surface area (Å²) >= 11 is 0. The van der Waals surface area contributed by atoms with Crippen molar-refractivity contribution in [1.82, 2.24) is 44.8 Å². The number of carbonyl (C=O) groups is 4. The number of nitrogens with zero attached hydrogens (tertiary/aromatic N) is 4. The largest absolute Gasteiger partial charge is 0.465 e. The number of nitrogen functional groups attached to an aromatic ring is 1. The molecule has 0 saturated carbocycles. The zero-order valence-electron chi connectivity index (χ0n) is 44.6. The number of imidazole rings is 1. The van der Waals surface area contributed by atoms with Crippen molar-refractivity contribution in [3.8, 4) is 0 Å². The van der Waals surface area contributed by atoms with Crippen LogP contribution in [0.15, 0.2) is 132 Å². The number of hydrogen-bond donors (Lipinski definition) is 6. The molecule has 6 rings (SSSR count). The van der Waals surface area contributed by atoms with Crippen LogP contribution in [0.1, 0.15) is 49.9 Å². The highest BCUT2D eigenvalue weighted by Crippen LogP contribution is 2.41. The van der Waals surface area contributed by atoms with Crippen LogP contribution in [-0.2, 0) is 79.5 Å². The van der Waals surface area contributed by atoms with E-state index in [1.807, 2.05) is 126 Å². The Labute approximate surface area is 454 Å². The molecule has 2 heterocycles. The fraction of sp³-hybridized carbons (Fsp3) is 0.400. The Balaban J connectivity index is 1.42. The molecule has 0 fully saturated rings. The third-order valence-electron chi connectivity index (χ3n) is 12.5. The van der Waals surface area contributed by atoms with Gasteiger partial charge < -0.3 is 34.1 Å². The maximum atomic E-state index is 16.0. The van der Waals surface area contributed by atoms with E-state index in [4.69, 9.17) is 24.7 Å². The number of benzene rings is 4. The normalized spacial score (nSPS) is 13.3. The lowest BCUT2D eigenvalue weighted by molar-refractivity contribution is -0.146. The maximum Gasteiger partial charge on any atom is 0.323 e. The molecule has 21 nitrogen and oxygen atoms in total. The van der Waals surface area contributed by atoms with Gasteiger partial charge in [0.25, 0.3) is 5.56 Å². The molecular formula is C55H72N10O11P2. The fourth-order valence-electron chi connectivity index (χ4n) is 8.72. The van der Waals surface area contributed by atoms with Crippen LogP contribution in [-0.4, -0.2) is 131 Å². The average molecular weight is 1110 g/mol. The van der Waals surface area contributed by atoms with Gasteiger partial charge in [-0.2, -0.15) is 4.98 Å². The minimum absolute atomic E-state index is 0.0406. The van der Waals surface area contributed by atoms with Gasteiger partial charge in [0.05, 0.1) is 32.8 Å². The smallest absolute Gasteiger partial charge is 0.323 e. The highest BCUT2D eigenvalue weighted by molar-refractivity contribution is 7.60. The minimum Gasteiger partial charge on any atom is -0.465 e. The van der Waals surface area contributed by atoms with E-state index in [-0.39, 0.29) is 108 Å². The van der Waals surface area contributed by atoms with E-state index >= 15 is 9.13 Å². The molecule has 0 saturated heterocycles. The van der Waals surface area contributed by atoms with Crippen molar-refractivity contribution in [1.29, 1.82) is 0 Å². The van der Waals surface area contributed by atoms with Gasteiger partial charge in [0, 0.05) is 38.5 Å². The van der Waals surface area contributed by atoms with Gasteiger partial charge in [-0.15, -0.1) is 0 Å². The highest BCUT2D eigenvalue weighted by Gasteiger charge is 2.38. The molecule has 23 heteroatoms. The Bertz CT molecular complexity index is 2720. The number of anilines is 1. The molecule has 78 heavy (non-hydrogen) atoms. The first kappa shape index (κ1) is 60.4. The molecule has 418 valence electrons. The van der Waals surface area contributed by atoms with Gasteiger partial charge in [0.1, 0.15) is 24.2 Å². The van der Waals surface area contributed by atoms with Crippen molar-refractivity contribution in [3.05, 3.63) is 160 Å². The molecule has 6 aromatic rings. The van der Waals surface area contributed by atoms with Crippen LogP contribution in [0.2, 0.25) is 0 Å². The summed E-state index contributed by atoms with van der Waals surface area (Å²) in [5, 5.41) is 12.5. The van der Waals surface area contributed by atoms with Crippen molar-refractivity contribution in [3.63, 3.8) is 0 Å². The molecule has 0 spiro atoms. The van der Waals surface area contributed by atoms with E-state index < -0.39 is 68.5 Å². The number of nitrogens with two attached hydrogens (primary N) is 1. The number of ether oxygens (including phenoxy) is 4. The molecule has 4 atom stereocenters. The lowest BCUT2D eigenvalue weighted by atomic mass is 10.1. The van der Waals surface area contributed by atoms with Gasteiger partial charge in [-0.3, -0.25) is 38.1 Å². The summed E-state index contributed by atoms with van der Waals surface area (Å²) in [5.41, 5.74) is 8.68. The third kappa shape index (κ3) is 18.7. The number of aromatic amines is 1. The SMILES string of the molecule is CCOC(=O)[C@H](Cc1ccccc1)NP(=O)(CCN(CCn1cnc2c(=O)[nH]c(N)nc21)CCP(=O)(N[C@@H](Cc1ccccc1)C(=O)OCC)N[C@@H](Cc1ccccc1)C(=O)OCC)N[C@@H](Cc1ccccc1)C(=O)OCC. The number of carbonyl (C=O) groups excluding carboxylic acids is 4. The molecule has 2 aromatic heterocycles. The Morgan fingerprint density at radius 3 is 1.18 bits per heavy atom. The van der Waals surface area contributed by atoms with Crippen molar-refractivity contribution in [2.75, 3.05) is 64.1 Å². The number of fused-ring (bicyclic) bond motifs is 1. The maximum absolute atomic E-state index is 16.0. The van der Waals surface area contributed by atoms with Gasteiger partial charge in [-0.05, 0) is 75.6 Å². The standard InChI is InChI=1S/C55H72N10O11P2/c1-5-73-51(67)44(35-40-21-13-9-14-22-40)60-77(71,61-45(52(68)74-6-2)36-41-23-15-10-16-24-41)33-31-64(29-30-65-39-57-48-49(65)58-55(56)59-50(48)66)32-34-78(72,62-46(53(69)75-7-3)37-42-25-17-11-18-26-42)63-47(54(70)76-8-4)38-43-27-19-12-20-28-43/h9-28,39,44-47H,5-8,29-38H2,1-4H3,(H2,60,61,71)(H2,62,63,72)(H3,56,58,59,66)/t44-,45-,46-,47-/m0/s1. The number of rotatable bonds is 33. The van der Waals surface area contributed by atoms with Gasteiger partial charge in [0.2, 0.25) is 20.8 Å². The van der Waals surface area contributed by atoms with E-state index in [2.05, 4.69) is 35.3 Å². The molecule has 0 unspecified atom stereocenters. The van der Waals surface area contributed by atoms with Crippen LogP contribution >= 0.6 is 14.9 Å². The van der Waals surface area contributed by atoms with Crippen LogP contribution in [0.4, 0.5) is 5.95 Å². The van der Waals surface area contributed by atoms with Crippen LogP contribution in [0, 0.1) is 0 Å². The fourth-order valence-corrected chi connectivity index (χ4v) is 13.3. The van der Waals surface area contributed by atoms with E-state index in [9.17, 15) is 24.0 Å². The third-order valence-corrected chi connectivity index (χ3v) is 17.1. The first-order valence-electron chi connectivity index (χ1n) is 26.2. The number of hydrogen-bond acceptors (Lipinski definition) is 15. The van der Waals surface area contributed by atoms with Crippen molar-refractivity contribution < 1.29 is 47.3 Å². The molecule has 0 aliphatic rings. The zero-order chi connectivity index (χ0) is 55.9. The van der Waals surface area contributed by atoms with E-state index in [0.29, 0.717) is 0 Å². The molecule has 0 bridgehead atoms. The molecule has 7 N–H and O–H groups in total. The lowest BCUT2D eigenvalue weighted by Gasteiger charge is -2.33. The Hall–Kier alpha value is -6.83. The van der Waals surface area contributed by atoms with Crippen LogP contribution in [0.5, 0.6) is 0 Å². The first-order chi connectivity index (χ1) is 37.6. The average Bonchev–Trinajstić information content (AvgIpc) is 3.85. The van der Waals surface area contributed by atoms with Crippen LogP contribution in [0.25, 0.3) is 11.2 Å². The van der Waals surface area contributed by atoms with Gasteiger partial charge in [-0.1, -0.05) is 121 Å². The molecular weight excluding hydrogens is 1040 g/mol. The van der Waals surface area contributed by atoms with E-state index in [1.165, 1.54) is 6.33 Å². The molecule has 4 aromatic carbocycles. The number of nitrogens with one attached hydrogen (secondary N) is 5. The summed E-state index contributed by atoms with van der Waals surface area (Å²) in [5.74, 6) is -2.79. The predicted octanol–water partition coefficient (Wildman–Crippen LogP) is 5.45. The minimum atomic E-state index is -4.14. The van der Waals surface area contributed by atoms with E-state index in [0.717, 1.165) is 22.3 Å². The van der Waals surface area contributed by atoms with Gasteiger partial charge in [-0.25, -0.2) is 25.3 Å². The summed E-state index contributed by atoms with van der Waals surface area (Å²) in [6.07, 6.45) is 1.29. The van der Waals surface area contributed by atoms with E-state index in [1.54, 1.807) is 32.3 Å². The second kappa shape index (κ2) is 30.4. The first-order valence-corrected chi connectivity index (χ1v) is 30.0. The second-order valence-electron chi connectivity index (χ2n) is 18.3. The topological polar surface area (TPSA) is 280 Å². The Kier molecular flexibility index (Phi) is 23.5. The predicted molar refractivity (Wildman–Crippen MR) is 299 cm³/mol. The zero-order valence-corrected chi connectivity index (χ0v) is 46.4. The van der Waals surface area contributed by atoms with Crippen LogP contribution < -0.4 is 31.6 Å². The molecule has 0 aliphatic carbocycles. The molecule has 0 aliphatic heterocycles. The number of H-pyrrole nitrogens is 1. The Morgan fingerprint density at radius 2 is 0.872 bits per heavy atom. The quantitative estimate of drug-likeness (QED) is 0.0170. The van der Waals surface area contributed by atoms with Gasteiger partial charge >= 0.3 is 23.9 Å². The van der Waals surface area contributed by atoms with Crippen molar-refractivity contribution in [2.24, 2.45) is 0 Å². The summed E-state index contributed by atoms with van der Waals surface area (Å²) in [7, 11) is -8.28. The van der Waals surface area contributed by atoms with Crippen molar-refractivity contribution in [2.45, 2.75) is 84.1 Å². The monoisotopic (exact) mass is 1110 g/mol. The van der Waals surface area contributed by atoms with Gasteiger partial charge in [0.15, 0.2) is 11.2 Å². The molecule has 0 amide bonds. The molecule has 0 radical (unpaired) electrons. The Morgan fingerprint density at radius 1 is 0.551 bits per heavy atom. The highest BCUT2D eigenvalue weighted by atomic mass is 31.2. The van der Waals surface area contributed by atoms with Crippen LogP contribution in [0.3, 0.4) is 0 Å². The van der Waals surface area contributed by atoms with Crippen molar-refractivity contribution >= 4 is 55.9 Å². The number of esters is 4. The second-order valence-corrected chi connectivity index (χ2v) is 23.2. The lowest BCUT2D eigenvalue weighted by Crippen LogP contribution is -2.48. The summed E-state index contributed by atoms with van der Waals surface area (Å²) < 4.78 is 55.8.